The zero-order valence-corrected chi connectivity index (χ0v) is 6.83. The van der Waals surface area contributed by atoms with Crippen LogP contribution in [0.4, 0.5) is 0 Å². The molecule has 0 fully saturated rings. The molecule has 0 atom stereocenters. The molecule has 0 spiro atoms. The van der Waals surface area contributed by atoms with E-state index < -0.39 is 11.8 Å². The van der Waals surface area contributed by atoms with Crippen molar-refractivity contribution in [2.45, 2.75) is 12.8 Å². The third kappa shape index (κ3) is 6.84. The molecule has 6 N–H and O–H groups in total. The molecule has 0 saturated heterocycles. The van der Waals surface area contributed by atoms with Crippen molar-refractivity contribution in [1.29, 1.82) is 0 Å². The minimum Gasteiger partial charge on any atom is -0.480 e. The number of hydrogen-bond donors (Lipinski definition) is 4. The zero-order valence-electron chi connectivity index (χ0n) is 6.83. The molecule has 6 nitrogen and oxygen atoms in total. The summed E-state index contributed by atoms with van der Waals surface area (Å²) in [7, 11) is 0. The zero-order chi connectivity index (χ0) is 9.78. The summed E-state index contributed by atoms with van der Waals surface area (Å²) in [5.74, 6) is -2.33. The molecule has 0 aromatic heterocycles. The van der Waals surface area contributed by atoms with E-state index in [1.165, 1.54) is 6.92 Å². The van der Waals surface area contributed by atoms with Crippen LogP contribution in [0, 0.1) is 0 Å². The Morgan fingerprint density at radius 1 is 1.75 bits per heavy atom. The second-order valence-electron chi connectivity index (χ2n) is 2.46. The van der Waals surface area contributed by atoms with E-state index in [-0.39, 0.29) is 12.4 Å². The monoisotopic (exact) mass is 175 g/mol. The highest BCUT2D eigenvalue weighted by Gasteiger charge is 2.13. The van der Waals surface area contributed by atoms with Crippen molar-refractivity contribution in [2.24, 2.45) is 11.5 Å². The Balaban J connectivity index is 3.68. The number of carboxylic acid groups (broad SMARTS) is 1. The summed E-state index contributed by atoms with van der Waals surface area (Å²) in [6.45, 7) is 4.49. The van der Waals surface area contributed by atoms with Gasteiger partial charge in [0.15, 0.2) is 5.88 Å². The van der Waals surface area contributed by atoms with Crippen molar-refractivity contribution in [2.75, 3.05) is 6.54 Å². The summed E-state index contributed by atoms with van der Waals surface area (Å²) in [5.41, 5.74) is 10.5. The molecular formula is C6H13N3O3. The fourth-order valence-electron chi connectivity index (χ4n) is 0.476. The third-order valence-electron chi connectivity index (χ3n) is 0.780. The minimum absolute atomic E-state index is 0.0323. The van der Waals surface area contributed by atoms with Crippen LogP contribution in [0.3, 0.4) is 0 Å². The van der Waals surface area contributed by atoms with Crippen LogP contribution in [0.2, 0.25) is 0 Å². The molecule has 0 amide bonds. The first kappa shape index (κ1) is 10.7. The second kappa shape index (κ2) is 3.93. The largest absolute Gasteiger partial charge is 0.480 e. The van der Waals surface area contributed by atoms with Crippen molar-refractivity contribution >= 4 is 5.97 Å². The molecule has 0 heterocycles. The number of carbonyl (C=O) groups is 1. The highest BCUT2D eigenvalue weighted by molar-refractivity contribution is 5.69. The maximum absolute atomic E-state index is 10.0. The molecule has 0 radical (unpaired) electrons. The molecule has 6 heteroatoms. The Morgan fingerprint density at radius 2 is 2.25 bits per heavy atom. The van der Waals surface area contributed by atoms with Crippen LogP contribution in [0.25, 0.3) is 0 Å². The normalized spacial score (nSPS) is 10.6. The lowest BCUT2D eigenvalue weighted by molar-refractivity contribution is -0.136. The standard InChI is InChI=1S/C6H13N3O3/c1-4(9-3-5(10)11)12-6(2,7)8/h9H,1,3,7-8H2,2H3,(H,10,11). The Morgan fingerprint density at radius 3 is 2.58 bits per heavy atom. The van der Waals surface area contributed by atoms with E-state index in [1.54, 1.807) is 0 Å². The van der Waals surface area contributed by atoms with E-state index in [0.29, 0.717) is 0 Å². The van der Waals surface area contributed by atoms with Gasteiger partial charge in [0.2, 0.25) is 5.85 Å². The summed E-state index contributed by atoms with van der Waals surface area (Å²) >= 11 is 0. The van der Waals surface area contributed by atoms with Gasteiger partial charge in [0.1, 0.15) is 6.54 Å². The van der Waals surface area contributed by atoms with Crippen LogP contribution in [-0.2, 0) is 9.53 Å². The number of nitrogens with one attached hydrogen (secondary N) is 1. The van der Waals surface area contributed by atoms with Crippen LogP contribution < -0.4 is 16.8 Å². The van der Waals surface area contributed by atoms with E-state index in [0.717, 1.165) is 0 Å². The molecule has 0 aromatic rings. The Bertz CT molecular complexity index is 185. The SMILES string of the molecule is C=C(NCC(=O)O)OC(C)(N)N. The van der Waals surface area contributed by atoms with E-state index in [4.69, 9.17) is 21.3 Å². The van der Waals surface area contributed by atoms with Gasteiger partial charge in [-0.25, -0.2) is 0 Å². The second-order valence-corrected chi connectivity index (χ2v) is 2.46. The van der Waals surface area contributed by atoms with Crippen LogP contribution in [0.5, 0.6) is 0 Å². The number of aliphatic carboxylic acids is 1. The van der Waals surface area contributed by atoms with Crippen LogP contribution in [0.15, 0.2) is 12.5 Å². The summed E-state index contributed by atoms with van der Waals surface area (Å²) < 4.78 is 4.77. The highest BCUT2D eigenvalue weighted by Crippen LogP contribution is 1.97. The van der Waals surface area contributed by atoms with Crippen molar-refractivity contribution in [3.05, 3.63) is 12.5 Å². The lowest BCUT2D eigenvalue weighted by Gasteiger charge is -2.22. The average Bonchev–Trinajstić information content (AvgIpc) is 1.79. The quantitative estimate of drug-likeness (QED) is 0.306. The summed E-state index contributed by atoms with van der Waals surface area (Å²) in [4.78, 5) is 10.0. The Hall–Kier alpha value is -1.27. The molecule has 0 aliphatic rings. The van der Waals surface area contributed by atoms with Crippen molar-refractivity contribution in [3.8, 4) is 0 Å². The smallest absolute Gasteiger partial charge is 0.322 e. The molecule has 0 aliphatic carbocycles. The molecule has 0 aliphatic heterocycles. The molecule has 12 heavy (non-hydrogen) atoms. The summed E-state index contributed by atoms with van der Waals surface area (Å²) in [6, 6.07) is 0. The van der Waals surface area contributed by atoms with Gasteiger partial charge >= 0.3 is 5.97 Å². The van der Waals surface area contributed by atoms with Crippen LogP contribution in [-0.4, -0.2) is 23.5 Å². The van der Waals surface area contributed by atoms with E-state index >= 15 is 0 Å². The maximum atomic E-state index is 10.0. The van der Waals surface area contributed by atoms with Gasteiger partial charge in [-0.2, -0.15) is 0 Å². The van der Waals surface area contributed by atoms with Gasteiger partial charge in [-0.15, -0.1) is 0 Å². The maximum Gasteiger partial charge on any atom is 0.322 e. The van der Waals surface area contributed by atoms with Gasteiger partial charge < -0.3 is 15.2 Å². The van der Waals surface area contributed by atoms with E-state index in [1.807, 2.05) is 0 Å². The van der Waals surface area contributed by atoms with Gasteiger partial charge in [-0.3, -0.25) is 16.3 Å². The van der Waals surface area contributed by atoms with E-state index in [2.05, 4.69) is 11.9 Å². The third-order valence-corrected chi connectivity index (χ3v) is 0.780. The molecular weight excluding hydrogens is 162 g/mol. The van der Waals surface area contributed by atoms with Crippen LogP contribution in [0.1, 0.15) is 6.92 Å². The Labute approximate surface area is 70.2 Å². The van der Waals surface area contributed by atoms with Gasteiger partial charge in [-0.05, 0) is 6.58 Å². The van der Waals surface area contributed by atoms with Gasteiger partial charge in [0.05, 0.1) is 0 Å². The van der Waals surface area contributed by atoms with E-state index in [9.17, 15) is 4.79 Å². The van der Waals surface area contributed by atoms with Crippen molar-refractivity contribution < 1.29 is 14.6 Å². The van der Waals surface area contributed by atoms with Crippen LogP contribution >= 0.6 is 0 Å². The topological polar surface area (TPSA) is 111 Å². The highest BCUT2D eigenvalue weighted by atomic mass is 16.5. The number of carboxylic acids is 1. The Kier molecular flexibility index (Phi) is 3.52. The van der Waals surface area contributed by atoms with Crippen molar-refractivity contribution in [1.82, 2.24) is 5.32 Å². The molecule has 70 valence electrons. The summed E-state index contributed by atoms with van der Waals surface area (Å²) in [6.07, 6.45) is 0. The first-order valence-electron chi connectivity index (χ1n) is 3.22. The first-order chi connectivity index (χ1) is 5.31. The predicted molar refractivity (Wildman–Crippen MR) is 42.6 cm³/mol. The lowest BCUT2D eigenvalue weighted by Crippen LogP contribution is -2.49. The molecule has 0 rings (SSSR count). The minimum atomic E-state index is -1.34. The first-order valence-corrected chi connectivity index (χ1v) is 3.22. The predicted octanol–water partition coefficient (Wildman–Crippen LogP) is -1.26. The molecule has 0 aromatic carbocycles. The van der Waals surface area contributed by atoms with Gasteiger partial charge in [0.25, 0.3) is 0 Å². The van der Waals surface area contributed by atoms with Crippen molar-refractivity contribution in [3.63, 3.8) is 0 Å². The number of ether oxygens (including phenoxy) is 1. The number of nitrogens with two attached hydrogens (primary N) is 2. The molecule has 0 unspecified atom stereocenters. The molecule has 0 saturated carbocycles. The van der Waals surface area contributed by atoms with Gasteiger partial charge in [-0.1, -0.05) is 0 Å². The summed E-state index contributed by atoms with van der Waals surface area (Å²) in [5, 5.41) is 10.6. The fraction of sp³-hybridized carbons (Fsp3) is 0.500. The number of hydrogen-bond acceptors (Lipinski definition) is 5. The average molecular weight is 175 g/mol. The lowest BCUT2D eigenvalue weighted by atomic mass is 10.5. The molecule has 0 bridgehead atoms. The number of rotatable bonds is 5. The van der Waals surface area contributed by atoms with Gasteiger partial charge in [0, 0.05) is 6.92 Å². The fourth-order valence-corrected chi connectivity index (χ4v) is 0.476.